The number of guanidine groups is 1. The average Bonchev–Trinajstić information content (AvgIpc) is 3.11. The maximum absolute atomic E-state index is 5.79. The van der Waals surface area contributed by atoms with Crippen LogP contribution in [0.15, 0.2) is 23.2 Å². The smallest absolute Gasteiger partial charge is 0.231 e. The molecule has 0 radical (unpaired) electrons. The van der Waals surface area contributed by atoms with Gasteiger partial charge in [-0.2, -0.15) is 0 Å². The summed E-state index contributed by atoms with van der Waals surface area (Å²) in [5, 5.41) is 6.65. The van der Waals surface area contributed by atoms with Gasteiger partial charge >= 0.3 is 0 Å². The molecule has 158 valence electrons. The Morgan fingerprint density at radius 1 is 1.18 bits per heavy atom. The molecule has 0 unspecified atom stereocenters. The fourth-order valence-electron chi connectivity index (χ4n) is 3.38. The van der Waals surface area contributed by atoms with Crippen LogP contribution in [0.25, 0.3) is 0 Å². The lowest BCUT2D eigenvalue weighted by Crippen LogP contribution is -2.41. The van der Waals surface area contributed by atoms with Crippen molar-refractivity contribution in [3.63, 3.8) is 0 Å². The third-order valence-corrected chi connectivity index (χ3v) is 5.17. The summed E-state index contributed by atoms with van der Waals surface area (Å²) >= 11 is 0. The minimum atomic E-state index is 0. The number of halogens is 1. The fourth-order valence-corrected chi connectivity index (χ4v) is 3.38. The van der Waals surface area contributed by atoms with E-state index in [-0.39, 0.29) is 30.8 Å². The number of fused-ring (bicyclic) bond motifs is 1. The third-order valence-electron chi connectivity index (χ3n) is 5.17. The number of benzene rings is 1. The molecule has 0 atom stereocenters. The quantitative estimate of drug-likeness (QED) is 0.220. The van der Waals surface area contributed by atoms with Crippen LogP contribution in [0.2, 0.25) is 0 Å². The molecule has 1 aliphatic carbocycles. The number of aliphatic imine (C=N–C) groups is 1. The van der Waals surface area contributed by atoms with Gasteiger partial charge in [-0.25, -0.2) is 0 Å². The van der Waals surface area contributed by atoms with Crippen LogP contribution >= 0.6 is 24.0 Å². The van der Waals surface area contributed by atoms with E-state index in [4.69, 9.17) is 23.9 Å². The highest BCUT2D eigenvalue weighted by molar-refractivity contribution is 14.0. The van der Waals surface area contributed by atoms with Gasteiger partial charge in [0.25, 0.3) is 0 Å². The molecule has 1 saturated carbocycles. The first-order valence-electron chi connectivity index (χ1n) is 9.78. The molecular formula is C20H32IN3O4. The van der Waals surface area contributed by atoms with Crippen LogP contribution in [0, 0.1) is 5.41 Å². The number of ether oxygens (including phenoxy) is 4. The summed E-state index contributed by atoms with van der Waals surface area (Å²) in [7, 11) is 1.77. The molecule has 0 saturated heterocycles. The van der Waals surface area contributed by atoms with Crippen LogP contribution in [0.5, 0.6) is 17.2 Å². The summed E-state index contributed by atoms with van der Waals surface area (Å²) in [5.41, 5.74) is 0.321. The Hall–Kier alpha value is -1.42. The molecule has 2 N–H and O–H groups in total. The highest BCUT2D eigenvalue weighted by Gasteiger charge is 2.36. The van der Waals surface area contributed by atoms with Crippen molar-refractivity contribution in [1.29, 1.82) is 0 Å². The number of hydrogen-bond donors (Lipinski definition) is 2. The summed E-state index contributed by atoms with van der Waals surface area (Å²) in [6.07, 6.45) is 4.87. The van der Waals surface area contributed by atoms with Gasteiger partial charge < -0.3 is 29.6 Å². The van der Waals surface area contributed by atoms with E-state index in [0.29, 0.717) is 18.6 Å². The number of nitrogens with zero attached hydrogens (tertiary/aromatic N) is 1. The number of rotatable bonds is 10. The lowest BCUT2D eigenvalue weighted by atomic mass is 9.67. The molecule has 1 aliphatic heterocycles. The fraction of sp³-hybridized carbons (Fsp3) is 0.650. The highest BCUT2D eigenvalue weighted by Crippen LogP contribution is 2.44. The lowest BCUT2D eigenvalue weighted by molar-refractivity contribution is 0.0778. The van der Waals surface area contributed by atoms with Gasteiger partial charge in [-0.15, -0.1) is 24.0 Å². The summed E-state index contributed by atoms with van der Waals surface area (Å²) in [6.45, 7) is 6.04. The topological polar surface area (TPSA) is 73.3 Å². The Kier molecular flexibility index (Phi) is 9.43. The summed E-state index contributed by atoms with van der Waals surface area (Å²) in [5.74, 6) is 3.11. The summed E-state index contributed by atoms with van der Waals surface area (Å²) < 4.78 is 21.7. The van der Waals surface area contributed by atoms with Gasteiger partial charge in [0.15, 0.2) is 17.5 Å². The Bertz CT molecular complexity index is 638. The molecule has 2 aliphatic rings. The molecule has 3 rings (SSSR count). The van der Waals surface area contributed by atoms with E-state index in [1.54, 1.807) is 7.11 Å². The van der Waals surface area contributed by atoms with Crippen molar-refractivity contribution in [2.75, 3.05) is 46.8 Å². The lowest BCUT2D eigenvalue weighted by Gasteiger charge is -2.40. The summed E-state index contributed by atoms with van der Waals surface area (Å²) in [6, 6.07) is 5.62. The Morgan fingerprint density at radius 2 is 2.00 bits per heavy atom. The zero-order valence-electron chi connectivity index (χ0n) is 16.8. The predicted molar refractivity (Wildman–Crippen MR) is 120 cm³/mol. The SMILES string of the molecule is CCNC(=NCC1(CCOC)CCC1)NCCOc1ccc2c(c1)OCO2.I. The molecule has 0 aromatic heterocycles. The minimum absolute atomic E-state index is 0. The number of nitrogens with one attached hydrogen (secondary N) is 2. The van der Waals surface area contributed by atoms with E-state index in [1.807, 2.05) is 18.2 Å². The monoisotopic (exact) mass is 505 g/mol. The van der Waals surface area contributed by atoms with E-state index >= 15 is 0 Å². The molecule has 0 spiro atoms. The van der Waals surface area contributed by atoms with Crippen LogP contribution in [0.1, 0.15) is 32.6 Å². The van der Waals surface area contributed by atoms with E-state index in [1.165, 1.54) is 19.3 Å². The summed E-state index contributed by atoms with van der Waals surface area (Å²) in [4.78, 5) is 4.80. The first-order chi connectivity index (χ1) is 13.2. The molecule has 1 aromatic carbocycles. The standard InChI is InChI=1S/C20H31N3O4.HI/c1-3-21-19(23-14-20(7-4-8-20)9-11-24-2)22-10-12-25-16-5-6-17-18(13-16)27-15-26-17;/h5-6,13H,3-4,7-12,14-15H2,1-2H3,(H2,21,22,23);1H. The van der Waals surface area contributed by atoms with Crippen molar-refractivity contribution in [2.24, 2.45) is 10.4 Å². The van der Waals surface area contributed by atoms with Crippen molar-refractivity contribution in [2.45, 2.75) is 32.6 Å². The van der Waals surface area contributed by atoms with Gasteiger partial charge in [-0.05, 0) is 43.7 Å². The van der Waals surface area contributed by atoms with Gasteiger partial charge in [0.05, 0.1) is 6.54 Å². The van der Waals surface area contributed by atoms with Gasteiger partial charge in [0.1, 0.15) is 12.4 Å². The Labute approximate surface area is 184 Å². The van der Waals surface area contributed by atoms with E-state index in [0.717, 1.165) is 49.3 Å². The predicted octanol–water partition coefficient (Wildman–Crippen LogP) is 3.17. The maximum atomic E-state index is 5.79. The zero-order valence-corrected chi connectivity index (χ0v) is 19.1. The van der Waals surface area contributed by atoms with Crippen molar-refractivity contribution in [3.05, 3.63) is 18.2 Å². The van der Waals surface area contributed by atoms with Crippen molar-refractivity contribution < 1.29 is 18.9 Å². The van der Waals surface area contributed by atoms with Crippen LogP contribution in [-0.4, -0.2) is 52.7 Å². The van der Waals surface area contributed by atoms with E-state index in [2.05, 4.69) is 17.6 Å². The van der Waals surface area contributed by atoms with Crippen LogP contribution in [0.4, 0.5) is 0 Å². The second kappa shape index (κ2) is 11.5. The minimum Gasteiger partial charge on any atom is -0.492 e. The number of methoxy groups -OCH3 is 1. The number of hydrogen-bond acceptors (Lipinski definition) is 5. The second-order valence-corrected chi connectivity index (χ2v) is 7.08. The van der Waals surface area contributed by atoms with Crippen molar-refractivity contribution in [3.8, 4) is 17.2 Å². The molecule has 1 heterocycles. The second-order valence-electron chi connectivity index (χ2n) is 7.08. The maximum Gasteiger partial charge on any atom is 0.231 e. The van der Waals surface area contributed by atoms with Gasteiger partial charge in [-0.3, -0.25) is 4.99 Å². The molecule has 0 bridgehead atoms. The molecule has 1 fully saturated rings. The third kappa shape index (κ3) is 6.30. The van der Waals surface area contributed by atoms with Gasteiger partial charge in [-0.1, -0.05) is 6.42 Å². The molecule has 7 nitrogen and oxygen atoms in total. The average molecular weight is 505 g/mol. The first kappa shape index (κ1) is 22.9. The van der Waals surface area contributed by atoms with Crippen LogP contribution < -0.4 is 24.8 Å². The first-order valence-corrected chi connectivity index (χ1v) is 9.78. The van der Waals surface area contributed by atoms with Crippen molar-refractivity contribution >= 4 is 29.9 Å². The molecule has 0 amide bonds. The molecule has 8 heteroatoms. The molecule has 1 aromatic rings. The Morgan fingerprint density at radius 3 is 2.71 bits per heavy atom. The molecular weight excluding hydrogens is 473 g/mol. The zero-order chi connectivity index (χ0) is 19.0. The van der Waals surface area contributed by atoms with Gasteiger partial charge in [0, 0.05) is 32.9 Å². The van der Waals surface area contributed by atoms with Gasteiger partial charge in [0.2, 0.25) is 6.79 Å². The van der Waals surface area contributed by atoms with Crippen LogP contribution in [0.3, 0.4) is 0 Å². The Balaban J connectivity index is 0.00000280. The van der Waals surface area contributed by atoms with Crippen molar-refractivity contribution in [1.82, 2.24) is 10.6 Å². The van der Waals surface area contributed by atoms with E-state index in [9.17, 15) is 0 Å². The highest BCUT2D eigenvalue weighted by atomic mass is 127. The largest absolute Gasteiger partial charge is 0.492 e. The normalized spacial score (nSPS) is 16.7. The van der Waals surface area contributed by atoms with Crippen LogP contribution in [-0.2, 0) is 4.74 Å². The molecule has 28 heavy (non-hydrogen) atoms. The van der Waals surface area contributed by atoms with E-state index < -0.39 is 0 Å².